The molecule has 21 heavy (non-hydrogen) atoms. The van der Waals surface area contributed by atoms with Crippen molar-refractivity contribution in [3.05, 3.63) is 61.3 Å². The van der Waals surface area contributed by atoms with Crippen molar-refractivity contribution in [1.82, 2.24) is 5.43 Å². The standard InChI is InChI=1S/C13H10ClN3O3S/c14-12-6-5-11(21-12)8-15-16-13(18)7-9-1-3-10(4-2-9)17(19)20/h1-6,8H,7H2,(H,16,18). The maximum Gasteiger partial charge on any atom is 0.269 e. The van der Waals surface area contributed by atoms with Crippen LogP contribution in [0.3, 0.4) is 0 Å². The minimum Gasteiger partial charge on any atom is -0.273 e. The zero-order chi connectivity index (χ0) is 15.2. The summed E-state index contributed by atoms with van der Waals surface area (Å²) in [7, 11) is 0. The Bertz CT molecular complexity index is 682. The van der Waals surface area contributed by atoms with E-state index in [1.54, 1.807) is 24.3 Å². The minimum absolute atomic E-state index is 0.00764. The monoisotopic (exact) mass is 323 g/mol. The van der Waals surface area contributed by atoms with E-state index in [4.69, 9.17) is 11.6 Å². The summed E-state index contributed by atoms with van der Waals surface area (Å²) in [6.07, 6.45) is 1.60. The lowest BCUT2D eigenvalue weighted by molar-refractivity contribution is -0.384. The number of non-ortho nitro benzene ring substituents is 1. The van der Waals surface area contributed by atoms with E-state index >= 15 is 0 Å². The molecule has 2 rings (SSSR count). The molecule has 0 atom stereocenters. The van der Waals surface area contributed by atoms with Crippen molar-refractivity contribution in [2.24, 2.45) is 5.10 Å². The Kier molecular flexibility index (Phi) is 5.02. The van der Waals surface area contributed by atoms with Gasteiger partial charge in [-0.2, -0.15) is 5.10 Å². The van der Waals surface area contributed by atoms with Crippen molar-refractivity contribution < 1.29 is 9.72 Å². The summed E-state index contributed by atoms with van der Waals surface area (Å²) >= 11 is 7.11. The Morgan fingerprint density at radius 1 is 1.33 bits per heavy atom. The number of nitrogens with zero attached hydrogens (tertiary/aromatic N) is 2. The van der Waals surface area contributed by atoms with E-state index in [9.17, 15) is 14.9 Å². The zero-order valence-corrected chi connectivity index (χ0v) is 12.2. The van der Waals surface area contributed by atoms with E-state index in [0.29, 0.717) is 9.90 Å². The van der Waals surface area contributed by atoms with Gasteiger partial charge in [0.1, 0.15) is 0 Å². The second-order valence-electron chi connectivity index (χ2n) is 4.04. The predicted octanol–water partition coefficient (Wildman–Crippen LogP) is 3.00. The summed E-state index contributed by atoms with van der Waals surface area (Å²) < 4.78 is 0.647. The molecule has 1 N–H and O–H groups in total. The first kappa shape index (κ1) is 15.1. The molecule has 8 heteroatoms. The maximum atomic E-state index is 11.6. The van der Waals surface area contributed by atoms with Crippen LogP contribution in [0.25, 0.3) is 0 Å². The zero-order valence-electron chi connectivity index (χ0n) is 10.7. The van der Waals surface area contributed by atoms with Crippen LogP contribution in [0.5, 0.6) is 0 Å². The van der Waals surface area contributed by atoms with Gasteiger partial charge in [-0.05, 0) is 17.7 Å². The summed E-state index contributed by atoms with van der Waals surface area (Å²) in [5.41, 5.74) is 3.05. The molecule has 0 fully saturated rings. The van der Waals surface area contributed by atoms with Crippen molar-refractivity contribution in [3.63, 3.8) is 0 Å². The van der Waals surface area contributed by atoms with E-state index < -0.39 is 4.92 Å². The molecule has 0 aliphatic heterocycles. The molecule has 0 aliphatic carbocycles. The second-order valence-corrected chi connectivity index (χ2v) is 5.78. The van der Waals surface area contributed by atoms with Gasteiger partial charge in [0, 0.05) is 17.0 Å². The summed E-state index contributed by atoms with van der Waals surface area (Å²) in [5, 5.41) is 14.3. The van der Waals surface area contributed by atoms with Crippen LogP contribution in [0.4, 0.5) is 5.69 Å². The number of carbonyl (C=O) groups is 1. The van der Waals surface area contributed by atoms with Crippen molar-refractivity contribution in [3.8, 4) is 0 Å². The third kappa shape index (κ3) is 4.66. The lowest BCUT2D eigenvalue weighted by atomic mass is 10.1. The van der Waals surface area contributed by atoms with Crippen LogP contribution in [0.15, 0.2) is 41.5 Å². The molecule has 0 saturated heterocycles. The molecule has 0 unspecified atom stereocenters. The highest BCUT2D eigenvalue weighted by Gasteiger charge is 2.06. The van der Waals surface area contributed by atoms with Gasteiger partial charge in [-0.15, -0.1) is 11.3 Å². The molecule has 1 aromatic carbocycles. The lowest BCUT2D eigenvalue weighted by Crippen LogP contribution is -2.19. The van der Waals surface area contributed by atoms with Gasteiger partial charge in [-0.25, -0.2) is 5.43 Å². The molecule has 0 spiro atoms. The average Bonchev–Trinajstić information content (AvgIpc) is 2.85. The van der Waals surface area contributed by atoms with Gasteiger partial charge in [-0.3, -0.25) is 14.9 Å². The molecule has 0 bridgehead atoms. The Balaban J connectivity index is 1.86. The molecule has 6 nitrogen and oxygen atoms in total. The van der Waals surface area contributed by atoms with Gasteiger partial charge in [0.2, 0.25) is 5.91 Å². The maximum absolute atomic E-state index is 11.6. The van der Waals surface area contributed by atoms with Gasteiger partial charge in [0.05, 0.1) is 21.9 Å². The topological polar surface area (TPSA) is 84.6 Å². The van der Waals surface area contributed by atoms with E-state index in [1.165, 1.54) is 29.7 Å². The number of amides is 1. The van der Waals surface area contributed by atoms with E-state index in [-0.39, 0.29) is 18.0 Å². The van der Waals surface area contributed by atoms with Crippen LogP contribution in [-0.2, 0) is 11.2 Å². The first-order valence-electron chi connectivity index (χ1n) is 5.85. The van der Waals surface area contributed by atoms with Crippen molar-refractivity contribution in [2.75, 3.05) is 0 Å². The van der Waals surface area contributed by atoms with E-state index in [1.807, 2.05) is 0 Å². The number of hydrazone groups is 1. The third-order valence-electron chi connectivity index (χ3n) is 2.49. The SMILES string of the molecule is O=C(Cc1ccc([N+](=O)[O-])cc1)NN=Cc1ccc(Cl)s1. The molecule has 0 saturated carbocycles. The molecule has 0 aliphatic rings. The van der Waals surface area contributed by atoms with Crippen LogP contribution < -0.4 is 5.43 Å². The highest BCUT2D eigenvalue weighted by atomic mass is 35.5. The minimum atomic E-state index is -0.486. The summed E-state index contributed by atoms with van der Waals surface area (Å²) in [4.78, 5) is 22.5. The fourth-order valence-electron chi connectivity index (χ4n) is 1.53. The molecule has 0 radical (unpaired) electrons. The number of benzene rings is 1. The van der Waals surface area contributed by atoms with Crippen molar-refractivity contribution in [1.29, 1.82) is 0 Å². The van der Waals surface area contributed by atoms with Crippen molar-refractivity contribution >= 4 is 40.7 Å². The normalized spacial score (nSPS) is 10.7. The number of nitro benzene ring substituents is 1. The Hall–Kier alpha value is -2.25. The number of nitro groups is 1. The number of rotatable bonds is 5. The van der Waals surface area contributed by atoms with Crippen LogP contribution in [0.2, 0.25) is 4.34 Å². The Morgan fingerprint density at radius 2 is 2.05 bits per heavy atom. The van der Waals surface area contributed by atoms with Crippen LogP contribution in [0, 0.1) is 10.1 Å². The number of carbonyl (C=O) groups excluding carboxylic acids is 1. The average molecular weight is 324 g/mol. The van der Waals surface area contributed by atoms with Gasteiger partial charge < -0.3 is 0 Å². The van der Waals surface area contributed by atoms with E-state index in [0.717, 1.165) is 4.88 Å². The molecular formula is C13H10ClN3O3S. The van der Waals surface area contributed by atoms with E-state index in [2.05, 4.69) is 10.5 Å². The van der Waals surface area contributed by atoms with Crippen LogP contribution in [-0.4, -0.2) is 17.0 Å². The third-order valence-corrected chi connectivity index (χ3v) is 3.65. The number of nitrogens with one attached hydrogen (secondary N) is 1. The van der Waals surface area contributed by atoms with Gasteiger partial charge in [-0.1, -0.05) is 23.7 Å². The number of hydrogen-bond acceptors (Lipinski definition) is 5. The number of thiophene rings is 1. The van der Waals surface area contributed by atoms with Gasteiger partial charge >= 0.3 is 0 Å². The summed E-state index contributed by atoms with van der Waals surface area (Å²) in [6, 6.07) is 9.34. The molecule has 1 amide bonds. The lowest BCUT2D eigenvalue weighted by Gasteiger charge is -2.00. The predicted molar refractivity (Wildman–Crippen MR) is 81.9 cm³/mol. The molecular weight excluding hydrogens is 314 g/mol. The largest absolute Gasteiger partial charge is 0.273 e. The first-order valence-corrected chi connectivity index (χ1v) is 7.04. The highest BCUT2D eigenvalue weighted by Crippen LogP contribution is 2.19. The van der Waals surface area contributed by atoms with Crippen LogP contribution >= 0.6 is 22.9 Å². The summed E-state index contributed by atoms with van der Waals surface area (Å²) in [5.74, 6) is -0.303. The smallest absolute Gasteiger partial charge is 0.269 e. The van der Waals surface area contributed by atoms with Crippen molar-refractivity contribution in [2.45, 2.75) is 6.42 Å². The first-order chi connectivity index (χ1) is 10.0. The van der Waals surface area contributed by atoms with Crippen LogP contribution in [0.1, 0.15) is 10.4 Å². The highest BCUT2D eigenvalue weighted by molar-refractivity contribution is 7.17. The summed E-state index contributed by atoms with van der Waals surface area (Å²) in [6.45, 7) is 0. The molecule has 1 aromatic heterocycles. The number of halogens is 1. The fraction of sp³-hybridized carbons (Fsp3) is 0.0769. The Labute approximate surface area is 129 Å². The van der Waals surface area contributed by atoms with Gasteiger partial charge in [0.25, 0.3) is 5.69 Å². The second kappa shape index (κ2) is 6.96. The fourth-order valence-corrected chi connectivity index (χ4v) is 2.46. The Morgan fingerprint density at radius 3 is 2.62 bits per heavy atom. The quantitative estimate of drug-likeness (QED) is 0.521. The number of hydrogen-bond donors (Lipinski definition) is 1. The molecule has 108 valence electrons. The molecule has 1 heterocycles. The molecule has 2 aromatic rings. The van der Waals surface area contributed by atoms with Gasteiger partial charge in [0.15, 0.2) is 0 Å².